The van der Waals surface area contributed by atoms with Gasteiger partial charge in [-0.25, -0.2) is 0 Å². The Morgan fingerprint density at radius 1 is 0.969 bits per heavy atom. The molecule has 0 spiro atoms. The Morgan fingerprint density at radius 3 is 2.38 bits per heavy atom. The van der Waals surface area contributed by atoms with Crippen LogP contribution in [0.3, 0.4) is 0 Å². The molecule has 0 saturated carbocycles. The number of aryl methyl sites for hydroxylation is 1. The maximum atomic E-state index is 12.6. The second-order valence-corrected chi connectivity index (χ2v) is 8.58. The average molecular weight is 425 g/mol. The van der Waals surface area contributed by atoms with Crippen molar-refractivity contribution < 1.29 is 13.7 Å². The van der Waals surface area contributed by atoms with Crippen LogP contribution in [0.25, 0.3) is 11.6 Å². The number of carbonyl (C=O) groups is 1. The Kier molecular flexibility index (Phi) is 4.63. The van der Waals surface area contributed by atoms with Gasteiger partial charge in [-0.2, -0.15) is 4.98 Å². The van der Waals surface area contributed by atoms with Crippen LogP contribution in [0, 0.1) is 5.92 Å². The molecule has 0 radical (unpaired) electrons. The molecular weight excluding hydrogens is 402 g/mol. The van der Waals surface area contributed by atoms with Crippen LogP contribution < -0.4 is 5.32 Å². The molecule has 2 aromatic heterocycles. The third kappa shape index (κ3) is 3.23. The lowest BCUT2D eigenvalue weighted by atomic mass is 9.59. The van der Waals surface area contributed by atoms with Crippen LogP contribution in [0.4, 0.5) is 0 Å². The van der Waals surface area contributed by atoms with E-state index in [0.29, 0.717) is 54.6 Å². The average Bonchev–Trinajstić information content (AvgIpc) is 3.54. The van der Waals surface area contributed by atoms with Crippen molar-refractivity contribution >= 4 is 5.91 Å². The summed E-state index contributed by atoms with van der Waals surface area (Å²) in [6, 6.07) is 21.1. The second kappa shape index (κ2) is 7.79. The molecule has 160 valence electrons. The molecule has 7 rings (SSSR count). The number of hydrogen-bond donors (Lipinski definition) is 1. The van der Waals surface area contributed by atoms with E-state index in [1.54, 1.807) is 18.4 Å². The first-order chi connectivity index (χ1) is 15.8. The third-order valence-electron chi connectivity index (χ3n) is 6.76. The summed E-state index contributed by atoms with van der Waals surface area (Å²) in [5, 5.41) is 7.07. The van der Waals surface area contributed by atoms with Crippen molar-refractivity contribution in [2.45, 2.75) is 31.1 Å². The molecule has 4 aromatic rings. The first-order valence-electron chi connectivity index (χ1n) is 11.1. The van der Waals surface area contributed by atoms with Gasteiger partial charge in [0, 0.05) is 31.2 Å². The van der Waals surface area contributed by atoms with Crippen LogP contribution in [0.5, 0.6) is 0 Å². The summed E-state index contributed by atoms with van der Waals surface area (Å²) in [6.45, 7) is 0.671. The van der Waals surface area contributed by atoms with Crippen molar-refractivity contribution in [1.29, 1.82) is 0 Å². The fourth-order valence-corrected chi connectivity index (χ4v) is 5.38. The number of carbonyl (C=O) groups excluding carboxylic acids is 1. The third-order valence-corrected chi connectivity index (χ3v) is 6.76. The molecule has 2 heterocycles. The van der Waals surface area contributed by atoms with E-state index < -0.39 is 0 Å². The molecule has 0 fully saturated rings. The largest absolute Gasteiger partial charge is 0.461 e. The number of rotatable bonds is 6. The maximum absolute atomic E-state index is 12.6. The van der Waals surface area contributed by atoms with Gasteiger partial charge in [0.1, 0.15) is 0 Å². The molecule has 2 bridgehead atoms. The summed E-state index contributed by atoms with van der Waals surface area (Å²) in [5.74, 6) is 2.53. The van der Waals surface area contributed by atoms with Gasteiger partial charge in [0.25, 0.3) is 0 Å². The van der Waals surface area contributed by atoms with E-state index in [0.717, 1.165) is 6.42 Å². The van der Waals surface area contributed by atoms with Crippen molar-refractivity contribution in [3.63, 3.8) is 0 Å². The van der Waals surface area contributed by atoms with Gasteiger partial charge < -0.3 is 14.3 Å². The molecule has 0 aliphatic heterocycles. The van der Waals surface area contributed by atoms with E-state index in [2.05, 4.69) is 64.0 Å². The van der Waals surface area contributed by atoms with Gasteiger partial charge in [-0.05, 0) is 46.7 Å². The summed E-state index contributed by atoms with van der Waals surface area (Å²) in [6.07, 6.45) is 3.35. The highest BCUT2D eigenvalue weighted by Crippen LogP contribution is 2.55. The monoisotopic (exact) mass is 425 g/mol. The molecule has 2 aromatic carbocycles. The zero-order chi connectivity index (χ0) is 21.5. The Labute approximate surface area is 185 Å². The minimum absolute atomic E-state index is 0.00534. The molecule has 0 saturated heterocycles. The second-order valence-electron chi connectivity index (χ2n) is 8.58. The fraction of sp³-hybridized carbons (Fsp3) is 0.269. The van der Waals surface area contributed by atoms with Gasteiger partial charge >= 0.3 is 0 Å². The molecular formula is C26H23N3O3. The lowest BCUT2D eigenvalue weighted by Gasteiger charge is -2.45. The van der Waals surface area contributed by atoms with Crippen LogP contribution in [0.2, 0.25) is 0 Å². The minimum Gasteiger partial charge on any atom is -0.461 e. The molecule has 1 atom stereocenters. The highest BCUT2D eigenvalue weighted by molar-refractivity contribution is 5.76. The van der Waals surface area contributed by atoms with Crippen LogP contribution in [0.15, 0.2) is 75.9 Å². The lowest BCUT2D eigenvalue weighted by molar-refractivity contribution is -0.121. The summed E-state index contributed by atoms with van der Waals surface area (Å²) < 4.78 is 10.5. The van der Waals surface area contributed by atoms with Gasteiger partial charge in [-0.1, -0.05) is 53.7 Å². The van der Waals surface area contributed by atoms with Crippen molar-refractivity contribution in [2.24, 2.45) is 5.92 Å². The number of hydrogen-bond acceptors (Lipinski definition) is 5. The SMILES string of the molecule is O=C(CCc1nc(-c2ccco2)no1)NC[C@H]1CC2c3ccccc3C1c1ccccc12. The lowest BCUT2D eigenvalue weighted by Crippen LogP contribution is -2.39. The predicted octanol–water partition coefficient (Wildman–Crippen LogP) is 4.68. The van der Waals surface area contributed by atoms with E-state index in [1.165, 1.54) is 22.3 Å². The van der Waals surface area contributed by atoms with E-state index in [1.807, 2.05) is 0 Å². The Balaban J connectivity index is 1.11. The first kappa shape index (κ1) is 19.0. The van der Waals surface area contributed by atoms with Crippen molar-refractivity contribution in [3.05, 3.63) is 95.1 Å². The number of nitrogens with one attached hydrogen (secondary N) is 1. The summed E-state index contributed by atoms with van der Waals surface area (Å²) >= 11 is 0. The Hall–Kier alpha value is -3.67. The van der Waals surface area contributed by atoms with Crippen molar-refractivity contribution in [2.75, 3.05) is 6.54 Å². The number of furan rings is 1. The topological polar surface area (TPSA) is 81.2 Å². The van der Waals surface area contributed by atoms with E-state index in [4.69, 9.17) is 8.94 Å². The van der Waals surface area contributed by atoms with Crippen LogP contribution in [0.1, 0.15) is 52.8 Å². The van der Waals surface area contributed by atoms with Gasteiger partial charge in [0.2, 0.25) is 17.6 Å². The quantitative estimate of drug-likeness (QED) is 0.485. The van der Waals surface area contributed by atoms with Gasteiger partial charge in [-0.3, -0.25) is 4.79 Å². The number of aromatic nitrogens is 2. The normalized spacial score (nSPS) is 20.6. The number of benzene rings is 2. The smallest absolute Gasteiger partial charge is 0.238 e. The fourth-order valence-electron chi connectivity index (χ4n) is 5.38. The first-order valence-corrected chi connectivity index (χ1v) is 11.1. The molecule has 3 aliphatic carbocycles. The van der Waals surface area contributed by atoms with E-state index >= 15 is 0 Å². The molecule has 0 unspecified atom stereocenters. The zero-order valence-corrected chi connectivity index (χ0v) is 17.5. The Bertz CT molecular complexity index is 1210. The number of nitrogens with zero attached hydrogens (tertiary/aromatic N) is 2. The molecule has 3 aliphatic rings. The maximum Gasteiger partial charge on any atom is 0.238 e. The number of fused-ring (bicyclic) bond motifs is 1. The van der Waals surface area contributed by atoms with Crippen LogP contribution in [-0.4, -0.2) is 22.6 Å². The molecule has 6 heteroatoms. The highest BCUT2D eigenvalue weighted by atomic mass is 16.5. The summed E-state index contributed by atoms with van der Waals surface area (Å²) in [7, 11) is 0. The van der Waals surface area contributed by atoms with Gasteiger partial charge in [0.05, 0.1) is 6.26 Å². The zero-order valence-electron chi connectivity index (χ0n) is 17.5. The Morgan fingerprint density at radius 2 is 1.69 bits per heavy atom. The van der Waals surface area contributed by atoms with Crippen molar-refractivity contribution in [1.82, 2.24) is 15.5 Å². The predicted molar refractivity (Wildman–Crippen MR) is 118 cm³/mol. The number of amides is 1. The standard InChI is InChI=1S/C26H23N3O3/c30-23(11-12-24-28-26(29-32-24)22-10-5-13-31-22)27-15-16-14-21-17-6-1-3-8-19(17)25(16)20-9-4-2-7-18(20)21/h1-10,13,16,21,25H,11-12,14-15H2,(H,27,30)/t16-,21?,25?/m1/s1. The minimum atomic E-state index is 0.00534. The van der Waals surface area contributed by atoms with Crippen molar-refractivity contribution in [3.8, 4) is 11.6 Å². The molecule has 32 heavy (non-hydrogen) atoms. The highest BCUT2D eigenvalue weighted by Gasteiger charge is 2.42. The molecule has 1 N–H and O–H groups in total. The summed E-state index contributed by atoms with van der Waals surface area (Å²) in [4.78, 5) is 16.9. The van der Waals surface area contributed by atoms with Crippen LogP contribution in [-0.2, 0) is 11.2 Å². The van der Waals surface area contributed by atoms with Gasteiger partial charge in [0.15, 0.2) is 5.76 Å². The van der Waals surface area contributed by atoms with Crippen LogP contribution >= 0.6 is 0 Å². The van der Waals surface area contributed by atoms with Gasteiger partial charge in [-0.15, -0.1) is 0 Å². The summed E-state index contributed by atoms with van der Waals surface area (Å²) in [5.41, 5.74) is 5.72. The van der Waals surface area contributed by atoms with E-state index in [-0.39, 0.29) is 5.91 Å². The molecule has 1 amide bonds. The molecule has 6 nitrogen and oxygen atoms in total. The van der Waals surface area contributed by atoms with E-state index in [9.17, 15) is 4.79 Å².